The number of aromatic nitrogens is 2. The summed E-state index contributed by atoms with van der Waals surface area (Å²) in [4.78, 5) is 8.33. The summed E-state index contributed by atoms with van der Waals surface area (Å²) in [6, 6.07) is 3.53. The van der Waals surface area contributed by atoms with E-state index in [1.807, 2.05) is 20.8 Å². The number of nitrogens with zero attached hydrogens (tertiary/aromatic N) is 2. The highest BCUT2D eigenvalue weighted by atomic mass is 19.2. The fourth-order valence-electron chi connectivity index (χ4n) is 1.84. The fraction of sp³-hybridized carbons (Fsp3) is 0.333. The van der Waals surface area contributed by atoms with E-state index in [0.29, 0.717) is 11.6 Å². The third kappa shape index (κ3) is 3.87. The molecule has 0 saturated carbocycles. The Morgan fingerprint density at radius 2 is 1.59 bits per heavy atom. The van der Waals surface area contributed by atoms with E-state index in [1.54, 1.807) is 13.0 Å². The van der Waals surface area contributed by atoms with Crippen molar-refractivity contribution in [1.29, 1.82) is 0 Å². The standard InChI is InChI=1S/C15H17F3N4/c1-8-19-11(7-12(20-8)22-15(2,3)4)21-10-6-5-9(16)13(17)14(10)18/h5-7H,1-4H3,(H2,19,20,21,22). The van der Waals surface area contributed by atoms with Crippen LogP contribution in [0.3, 0.4) is 0 Å². The lowest BCUT2D eigenvalue weighted by Crippen LogP contribution is -2.27. The van der Waals surface area contributed by atoms with Crippen molar-refractivity contribution in [3.05, 3.63) is 41.5 Å². The molecule has 0 fully saturated rings. The Morgan fingerprint density at radius 3 is 2.23 bits per heavy atom. The number of aryl methyl sites for hydroxylation is 1. The lowest BCUT2D eigenvalue weighted by molar-refractivity contribution is 0.449. The normalized spacial score (nSPS) is 11.4. The van der Waals surface area contributed by atoms with E-state index in [-0.39, 0.29) is 17.0 Å². The first-order valence-corrected chi connectivity index (χ1v) is 6.70. The van der Waals surface area contributed by atoms with Crippen LogP contribution in [-0.4, -0.2) is 15.5 Å². The summed E-state index contributed by atoms with van der Waals surface area (Å²) in [6.07, 6.45) is 0. The summed E-state index contributed by atoms with van der Waals surface area (Å²) in [5, 5.41) is 5.80. The lowest BCUT2D eigenvalue weighted by Gasteiger charge is -2.21. The third-order valence-corrected chi connectivity index (χ3v) is 2.64. The number of hydrogen-bond acceptors (Lipinski definition) is 4. The minimum atomic E-state index is -1.52. The smallest absolute Gasteiger partial charge is 0.196 e. The van der Waals surface area contributed by atoms with Crippen molar-refractivity contribution in [2.75, 3.05) is 10.6 Å². The lowest BCUT2D eigenvalue weighted by atomic mass is 10.1. The van der Waals surface area contributed by atoms with Gasteiger partial charge in [0.05, 0.1) is 5.69 Å². The maximum absolute atomic E-state index is 13.7. The van der Waals surface area contributed by atoms with Crippen molar-refractivity contribution in [3.8, 4) is 0 Å². The van der Waals surface area contributed by atoms with Gasteiger partial charge in [0.25, 0.3) is 0 Å². The van der Waals surface area contributed by atoms with Crippen LogP contribution in [-0.2, 0) is 0 Å². The first-order valence-electron chi connectivity index (χ1n) is 6.70. The molecule has 2 aromatic rings. The maximum atomic E-state index is 13.7. The Balaban J connectivity index is 2.32. The van der Waals surface area contributed by atoms with Gasteiger partial charge in [0.2, 0.25) is 0 Å². The summed E-state index contributed by atoms with van der Waals surface area (Å²) in [6.45, 7) is 7.58. The molecule has 0 amide bonds. The van der Waals surface area contributed by atoms with E-state index in [2.05, 4.69) is 20.6 Å². The summed E-state index contributed by atoms with van der Waals surface area (Å²) in [7, 11) is 0. The van der Waals surface area contributed by atoms with Crippen molar-refractivity contribution >= 4 is 17.3 Å². The van der Waals surface area contributed by atoms with E-state index < -0.39 is 17.5 Å². The molecule has 0 aliphatic rings. The molecule has 118 valence electrons. The van der Waals surface area contributed by atoms with Crippen LogP contribution < -0.4 is 10.6 Å². The largest absolute Gasteiger partial charge is 0.365 e. The van der Waals surface area contributed by atoms with Crippen LogP contribution in [0, 0.1) is 24.4 Å². The van der Waals surface area contributed by atoms with Crippen LogP contribution in [0.4, 0.5) is 30.5 Å². The molecular weight excluding hydrogens is 293 g/mol. The van der Waals surface area contributed by atoms with Crippen molar-refractivity contribution in [2.45, 2.75) is 33.2 Å². The Morgan fingerprint density at radius 1 is 0.955 bits per heavy atom. The molecule has 7 heteroatoms. The van der Waals surface area contributed by atoms with Crippen molar-refractivity contribution in [3.63, 3.8) is 0 Å². The Bertz CT molecular complexity index is 696. The van der Waals surface area contributed by atoms with Crippen LogP contribution in [0.5, 0.6) is 0 Å². The third-order valence-electron chi connectivity index (χ3n) is 2.64. The summed E-state index contributed by atoms with van der Waals surface area (Å²) in [5.74, 6) is -2.77. The van der Waals surface area contributed by atoms with E-state index >= 15 is 0 Å². The molecule has 22 heavy (non-hydrogen) atoms. The van der Waals surface area contributed by atoms with Gasteiger partial charge < -0.3 is 10.6 Å². The fourth-order valence-corrected chi connectivity index (χ4v) is 1.84. The number of hydrogen-bond donors (Lipinski definition) is 2. The minimum Gasteiger partial charge on any atom is -0.365 e. The molecule has 0 saturated heterocycles. The summed E-state index contributed by atoms with van der Waals surface area (Å²) in [5.41, 5.74) is -0.413. The molecule has 2 rings (SSSR count). The number of nitrogens with one attached hydrogen (secondary N) is 2. The Hall–Kier alpha value is -2.31. The summed E-state index contributed by atoms with van der Waals surface area (Å²) < 4.78 is 39.9. The summed E-state index contributed by atoms with van der Waals surface area (Å²) >= 11 is 0. The quantitative estimate of drug-likeness (QED) is 0.836. The van der Waals surface area contributed by atoms with Gasteiger partial charge in [-0.3, -0.25) is 0 Å². The molecular formula is C15H17F3N4. The van der Waals surface area contributed by atoms with Crippen LogP contribution in [0.1, 0.15) is 26.6 Å². The van der Waals surface area contributed by atoms with Crippen molar-refractivity contribution < 1.29 is 13.2 Å². The average Bonchev–Trinajstić information content (AvgIpc) is 2.37. The first kappa shape index (κ1) is 16.1. The molecule has 0 atom stereocenters. The van der Waals surface area contributed by atoms with Gasteiger partial charge in [-0.25, -0.2) is 23.1 Å². The molecule has 0 spiro atoms. The monoisotopic (exact) mass is 310 g/mol. The number of halogens is 3. The van der Waals surface area contributed by atoms with Gasteiger partial charge in [0.15, 0.2) is 17.5 Å². The topological polar surface area (TPSA) is 49.8 Å². The molecule has 1 aromatic heterocycles. The molecule has 0 aliphatic carbocycles. The minimum absolute atomic E-state index is 0.196. The Labute approximate surface area is 126 Å². The van der Waals surface area contributed by atoms with Gasteiger partial charge in [-0.2, -0.15) is 0 Å². The molecule has 2 N–H and O–H groups in total. The zero-order valence-corrected chi connectivity index (χ0v) is 12.8. The molecule has 0 radical (unpaired) electrons. The second-order valence-corrected chi connectivity index (χ2v) is 5.91. The molecule has 0 aliphatic heterocycles. The highest BCUT2D eigenvalue weighted by molar-refractivity contribution is 5.60. The van der Waals surface area contributed by atoms with Crippen molar-refractivity contribution in [1.82, 2.24) is 9.97 Å². The van der Waals surface area contributed by atoms with E-state index in [1.165, 1.54) is 0 Å². The maximum Gasteiger partial charge on any atom is 0.196 e. The van der Waals surface area contributed by atoms with Gasteiger partial charge in [-0.1, -0.05) is 0 Å². The molecule has 0 bridgehead atoms. The van der Waals surface area contributed by atoms with Crippen molar-refractivity contribution in [2.24, 2.45) is 0 Å². The number of rotatable bonds is 3. The van der Waals surface area contributed by atoms with Gasteiger partial charge in [-0.15, -0.1) is 0 Å². The SMILES string of the molecule is Cc1nc(Nc2ccc(F)c(F)c2F)cc(NC(C)(C)C)n1. The average molecular weight is 310 g/mol. The molecule has 1 heterocycles. The molecule has 1 aromatic carbocycles. The van der Waals surface area contributed by atoms with E-state index in [9.17, 15) is 13.2 Å². The zero-order valence-electron chi connectivity index (χ0n) is 12.8. The Kier molecular flexibility index (Phi) is 4.25. The second kappa shape index (κ2) is 5.82. The van der Waals surface area contributed by atoms with Gasteiger partial charge in [0.1, 0.15) is 17.5 Å². The van der Waals surface area contributed by atoms with E-state index in [0.717, 1.165) is 12.1 Å². The molecule has 0 unspecified atom stereocenters. The molecule has 4 nitrogen and oxygen atoms in total. The zero-order chi connectivity index (χ0) is 16.5. The number of benzene rings is 1. The number of anilines is 3. The highest BCUT2D eigenvalue weighted by Crippen LogP contribution is 2.24. The highest BCUT2D eigenvalue weighted by Gasteiger charge is 2.15. The van der Waals surface area contributed by atoms with Gasteiger partial charge >= 0.3 is 0 Å². The van der Waals surface area contributed by atoms with Crippen LogP contribution in [0.2, 0.25) is 0 Å². The second-order valence-electron chi connectivity index (χ2n) is 5.91. The van der Waals surface area contributed by atoms with E-state index in [4.69, 9.17) is 0 Å². The predicted molar refractivity (Wildman–Crippen MR) is 79.7 cm³/mol. The first-order chi connectivity index (χ1) is 10.2. The van der Waals surface area contributed by atoms with Gasteiger partial charge in [0, 0.05) is 11.6 Å². The van der Waals surface area contributed by atoms with Gasteiger partial charge in [-0.05, 0) is 39.8 Å². The predicted octanol–water partition coefficient (Wildman–Crippen LogP) is 4.16. The van der Waals surface area contributed by atoms with Crippen LogP contribution in [0.25, 0.3) is 0 Å². The van der Waals surface area contributed by atoms with Crippen LogP contribution >= 0.6 is 0 Å². The van der Waals surface area contributed by atoms with Crippen LogP contribution in [0.15, 0.2) is 18.2 Å².